The SMILES string of the molecule is CCC(CC)C(CNC(=O)C(N)C(C)C)N(C)C. The van der Waals surface area contributed by atoms with Crippen molar-refractivity contribution in [3.63, 3.8) is 0 Å². The number of likely N-dealkylation sites (N-methyl/N-ethyl adjacent to an activating group) is 1. The van der Waals surface area contributed by atoms with E-state index < -0.39 is 6.04 Å². The van der Waals surface area contributed by atoms with Gasteiger partial charge in [0, 0.05) is 12.6 Å². The summed E-state index contributed by atoms with van der Waals surface area (Å²) in [5, 5.41) is 2.99. The fraction of sp³-hybridized carbons (Fsp3) is 0.929. The summed E-state index contributed by atoms with van der Waals surface area (Å²) in [4.78, 5) is 14.0. The zero-order valence-corrected chi connectivity index (χ0v) is 12.9. The minimum absolute atomic E-state index is 0.0391. The van der Waals surface area contributed by atoms with Gasteiger partial charge in [-0.15, -0.1) is 0 Å². The van der Waals surface area contributed by atoms with Crippen LogP contribution in [0.5, 0.6) is 0 Å². The third-order valence-corrected chi connectivity index (χ3v) is 3.76. The van der Waals surface area contributed by atoms with E-state index in [1.807, 2.05) is 13.8 Å². The largest absolute Gasteiger partial charge is 0.353 e. The molecule has 0 bridgehead atoms. The highest BCUT2D eigenvalue weighted by atomic mass is 16.2. The summed E-state index contributed by atoms with van der Waals surface area (Å²) in [7, 11) is 4.13. The summed E-state index contributed by atoms with van der Waals surface area (Å²) in [5.74, 6) is 0.745. The predicted octanol–water partition coefficient (Wildman–Crippen LogP) is 1.45. The van der Waals surface area contributed by atoms with Gasteiger partial charge in [0.1, 0.15) is 0 Å². The van der Waals surface area contributed by atoms with Crippen LogP contribution in [0.4, 0.5) is 0 Å². The minimum atomic E-state index is -0.408. The summed E-state index contributed by atoms with van der Waals surface area (Å²) in [6.45, 7) is 9.01. The van der Waals surface area contributed by atoms with Crippen LogP contribution in [0.1, 0.15) is 40.5 Å². The van der Waals surface area contributed by atoms with Gasteiger partial charge < -0.3 is 16.0 Å². The van der Waals surface area contributed by atoms with Crippen LogP contribution in [0.15, 0.2) is 0 Å². The standard InChI is InChI=1S/C14H31N3O/c1-7-11(8-2)12(17(5)6)9-16-14(18)13(15)10(3)4/h10-13H,7-9,15H2,1-6H3,(H,16,18). The lowest BCUT2D eigenvalue weighted by molar-refractivity contribution is -0.123. The van der Waals surface area contributed by atoms with E-state index in [1.165, 1.54) is 0 Å². The zero-order chi connectivity index (χ0) is 14.3. The van der Waals surface area contributed by atoms with Crippen molar-refractivity contribution in [2.24, 2.45) is 17.6 Å². The summed E-state index contributed by atoms with van der Waals surface area (Å²) in [6.07, 6.45) is 2.26. The number of amides is 1. The molecule has 2 unspecified atom stereocenters. The van der Waals surface area contributed by atoms with Crippen molar-refractivity contribution in [2.75, 3.05) is 20.6 Å². The lowest BCUT2D eigenvalue weighted by Gasteiger charge is -2.32. The number of hydrogen-bond donors (Lipinski definition) is 2. The Bertz CT molecular complexity index is 237. The number of carbonyl (C=O) groups excluding carboxylic acids is 1. The van der Waals surface area contributed by atoms with Crippen molar-refractivity contribution in [3.8, 4) is 0 Å². The van der Waals surface area contributed by atoms with Crippen LogP contribution in [0.2, 0.25) is 0 Å². The molecule has 3 N–H and O–H groups in total. The quantitative estimate of drug-likeness (QED) is 0.692. The van der Waals surface area contributed by atoms with Crippen molar-refractivity contribution in [1.82, 2.24) is 10.2 Å². The molecule has 0 aliphatic rings. The second-order valence-corrected chi connectivity index (χ2v) is 5.62. The average Bonchev–Trinajstić information content (AvgIpc) is 2.32. The Morgan fingerprint density at radius 3 is 2.06 bits per heavy atom. The Morgan fingerprint density at radius 1 is 1.22 bits per heavy atom. The molecular formula is C14H31N3O. The maximum absolute atomic E-state index is 11.9. The first-order valence-electron chi connectivity index (χ1n) is 7.04. The van der Waals surface area contributed by atoms with E-state index >= 15 is 0 Å². The highest BCUT2D eigenvalue weighted by molar-refractivity contribution is 5.81. The number of nitrogens with zero attached hydrogens (tertiary/aromatic N) is 1. The van der Waals surface area contributed by atoms with Gasteiger partial charge in [0.15, 0.2) is 0 Å². The highest BCUT2D eigenvalue weighted by Gasteiger charge is 2.23. The second kappa shape index (κ2) is 8.48. The van der Waals surface area contributed by atoms with Gasteiger partial charge in [0.25, 0.3) is 0 Å². The highest BCUT2D eigenvalue weighted by Crippen LogP contribution is 2.16. The molecule has 2 atom stereocenters. The van der Waals surface area contributed by atoms with Gasteiger partial charge in [-0.1, -0.05) is 40.5 Å². The summed E-state index contributed by atoms with van der Waals surface area (Å²) in [5.41, 5.74) is 5.84. The van der Waals surface area contributed by atoms with Crippen LogP contribution < -0.4 is 11.1 Å². The van der Waals surface area contributed by atoms with Crippen LogP contribution in [-0.2, 0) is 4.79 Å². The van der Waals surface area contributed by atoms with Gasteiger partial charge in [-0.25, -0.2) is 0 Å². The number of nitrogens with two attached hydrogens (primary N) is 1. The maximum Gasteiger partial charge on any atom is 0.237 e. The van der Waals surface area contributed by atoms with Crippen molar-refractivity contribution >= 4 is 5.91 Å². The van der Waals surface area contributed by atoms with E-state index in [9.17, 15) is 4.79 Å². The lowest BCUT2D eigenvalue weighted by Crippen LogP contribution is -2.50. The normalized spacial score (nSPS) is 15.2. The Kier molecular flexibility index (Phi) is 8.20. The van der Waals surface area contributed by atoms with Gasteiger partial charge in [0.2, 0.25) is 5.91 Å². The van der Waals surface area contributed by atoms with Gasteiger partial charge in [-0.3, -0.25) is 4.79 Å². The van der Waals surface area contributed by atoms with Gasteiger partial charge in [-0.05, 0) is 25.9 Å². The molecule has 0 saturated carbocycles. The molecule has 0 fully saturated rings. The lowest BCUT2D eigenvalue weighted by atomic mass is 9.93. The summed E-state index contributed by atoms with van der Waals surface area (Å²) in [6, 6.07) is -0.0298. The van der Waals surface area contributed by atoms with E-state index in [1.54, 1.807) is 0 Å². The molecule has 0 aliphatic heterocycles. The first-order valence-corrected chi connectivity index (χ1v) is 7.04. The summed E-state index contributed by atoms with van der Waals surface area (Å²) >= 11 is 0. The Balaban J connectivity index is 4.40. The number of nitrogens with one attached hydrogen (secondary N) is 1. The van der Waals surface area contributed by atoms with Crippen molar-refractivity contribution in [1.29, 1.82) is 0 Å². The molecule has 18 heavy (non-hydrogen) atoms. The van der Waals surface area contributed by atoms with Crippen LogP contribution in [0.25, 0.3) is 0 Å². The molecule has 0 aromatic heterocycles. The number of carbonyl (C=O) groups is 1. The first-order chi connectivity index (χ1) is 8.34. The first kappa shape index (κ1) is 17.4. The maximum atomic E-state index is 11.9. The van der Waals surface area contributed by atoms with Gasteiger partial charge in [0.05, 0.1) is 6.04 Å². The smallest absolute Gasteiger partial charge is 0.237 e. The third-order valence-electron chi connectivity index (χ3n) is 3.76. The molecule has 0 aliphatic carbocycles. The Hall–Kier alpha value is -0.610. The van der Waals surface area contributed by atoms with E-state index in [0.717, 1.165) is 12.8 Å². The molecule has 0 spiro atoms. The van der Waals surface area contributed by atoms with Crippen molar-refractivity contribution < 1.29 is 4.79 Å². The minimum Gasteiger partial charge on any atom is -0.353 e. The zero-order valence-electron chi connectivity index (χ0n) is 12.9. The van der Waals surface area contributed by atoms with Crippen LogP contribution in [0, 0.1) is 11.8 Å². The molecule has 0 aromatic rings. The fourth-order valence-electron chi connectivity index (χ4n) is 2.23. The molecular weight excluding hydrogens is 226 g/mol. The van der Waals surface area contributed by atoms with Gasteiger partial charge >= 0.3 is 0 Å². The second-order valence-electron chi connectivity index (χ2n) is 5.62. The number of hydrogen-bond acceptors (Lipinski definition) is 3. The molecule has 0 radical (unpaired) electrons. The average molecular weight is 257 g/mol. The van der Waals surface area contributed by atoms with Crippen molar-refractivity contribution in [3.05, 3.63) is 0 Å². The van der Waals surface area contributed by atoms with Gasteiger partial charge in [-0.2, -0.15) is 0 Å². The van der Waals surface area contributed by atoms with Crippen LogP contribution in [-0.4, -0.2) is 43.5 Å². The van der Waals surface area contributed by atoms with E-state index in [0.29, 0.717) is 18.5 Å². The molecule has 4 nitrogen and oxygen atoms in total. The number of rotatable bonds is 8. The Morgan fingerprint density at radius 2 is 1.72 bits per heavy atom. The molecule has 0 rings (SSSR count). The third kappa shape index (κ3) is 5.36. The van der Waals surface area contributed by atoms with Crippen LogP contribution in [0.3, 0.4) is 0 Å². The Labute approximate surface area is 112 Å². The molecule has 4 heteroatoms. The summed E-state index contributed by atoms with van der Waals surface area (Å²) < 4.78 is 0. The van der Waals surface area contributed by atoms with E-state index in [2.05, 4.69) is 38.2 Å². The fourth-order valence-corrected chi connectivity index (χ4v) is 2.23. The monoisotopic (exact) mass is 257 g/mol. The molecule has 1 amide bonds. The van der Waals surface area contributed by atoms with Crippen molar-refractivity contribution in [2.45, 2.75) is 52.6 Å². The van der Waals surface area contributed by atoms with E-state index in [-0.39, 0.29) is 11.8 Å². The van der Waals surface area contributed by atoms with E-state index in [4.69, 9.17) is 5.73 Å². The topological polar surface area (TPSA) is 58.4 Å². The van der Waals surface area contributed by atoms with Crippen LogP contribution >= 0.6 is 0 Å². The molecule has 108 valence electrons. The molecule has 0 saturated heterocycles. The predicted molar refractivity (Wildman–Crippen MR) is 77.4 cm³/mol. The molecule has 0 aromatic carbocycles. The molecule has 0 heterocycles.